The van der Waals surface area contributed by atoms with Crippen molar-refractivity contribution in [1.29, 1.82) is 0 Å². The molecule has 0 saturated carbocycles. The number of aliphatic imine (C=N–C) groups is 1. The molecule has 1 heterocycles. The van der Waals surface area contributed by atoms with Crippen LogP contribution in [0, 0.1) is 0 Å². The molecular weight excluding hydrogens is 436 g/mol. The van der Waals surface area contributed by atoms with Gasteiger partial charge >= 0.3 is 0 Å². The molecule has 176 valence electrons. The van der Waals surface area contributed by atoms with E-state index in [4.69, 9.17) is 0 Å². The van der Waals surface area contributed by atoms with E-state index in [2.05, 4.69) is 22.2 Å². The number of hydrogen-bond acceptors (Lipinski definition) is 5. The summed E-state index contributed by atoms with van der Waals surface area (Å²) in [5, 5.41) is 6.09. The van der Waals surface area contributed by atoms with Gasteiger partial charge in [0.1, 0.15) is 11.4 Å². The molecule has 7 nitrogen and oxygen atoms in total. The normalized spacial score (nSPS) is 18.2. The number of sulfonamides is 1. The molecule has 8 heteroatoms. The first-order valence-corrected chi connectivity index (χ1v) is 12.5. The Balaban J connectivity index is 1.72. The van der Waals surface area contributed by atoms with Crippen LogP contribution in [0.5, 0.6) is 0 Å². The van der Waals surface area contributed by atoms with Crippen molar-refractivity contribution >= 4 is 21.8 Å². The molecule has 1 aliphatic heterocycles. The summed E-state index contributed by atoms with van der Waals surface area (Å²) in [6.45, 7) is 10.5. The summed E-state index contributed by atoms with van der Waals surface area (Å²) in [5.41, 5.74) is 0.719. The average molecular weight is 469 g/mol. The highest BCUT2D eigenvalue weighted by atomic mass is 32.2. The molecule has 2 N–H and O–H groups in total. The topological polar surface area (TPSA) is 90.9 Å². The van der Waals surface area contributed by atoms with Crippen LogP contribution in [0.3, 0.4) is 0 Å². The lowest BCUT2D eigenvalue weighted by molar-refractivity contribution is -0.126. The number of rotatable bonds is 10. The number of hydrogen-bond donors (Lipinski definition) is 2. The van der Waals surface area contributed by atoms with E-state index in [-0.39, 0.29) is 29.9 Å². The lowest BCUT2D eigenvalue weighted by Crippen LogP contribution is -2.56. The molecule has 0 aliphatic carbocycles. The fourth-order valence-electron chi connectivity index (χ4n) is 3.52. The molecule has 2 aromatic carbocycles. The van der Waals surface area contributed by atoms with Crippen molar-refractivity contribution in [3.8, 4) is 0 Å². The zero-order chi connectivity index (χ0) is 24.1. The second-order valence-electron chi connectivity index (χ2n) is 8.74. The smallest absolute Gasteiger partial charge is 0.247 e. The number of nitrogens with one attached hydrogen (secondary N) is 2. The highest BCUT2D eigenvalue weighted by molar-refractivity contribution is 7.89. The third kappa shape index (κ3) is 6.09. The van der Waals surface area contributed by atoms with Gasteiger partial charge in [-0.3, -0.25) is 9.79 Å². The molecule has 1 atom stereocenters. The van der Waals surface area contributed by atoms with E-state index in [1.165, 1.54) is 4.31 Å². The Morgan fingerprint density at radius 2 is 1.76 bits per heavy atom. The van der Waals surface area contributed by atoms with E-state index >= 15 is 0 Å². The summed E-state index contributed by atoms with van der Waals surface area (Å²) < 4.78 is 28.2. The Morgan fingerprint density at radius 1 is 1.15 bits per heavy atom. The highest BCUT2D eigenvalue weighted by Crippen LogP contribution is 2.21. The summed E-state index contributed by atoms with van der Waals surface area (Å²) >= 11 is 0. The van der Waals surface area contributed by atoms with Crippen LogP contribution >= 0.6 is 0 Å². The van der Waals surface area contributed by atoms with Crippen LogP contribution in [-0.4, -0.2) is 49.1 Å². The Kier molecular flexibility index (Phi) is 7.71. The summed E-state index contributed by atoms with van der Waals surface area (Å²) in [7, 11) is -3.70. The second-order valence-corrected chi connectivity index (χ2v) is 10.7. The summed E-state index contributed by atoms with van der Waals surface area (Å²) in [6, 6.07) is 17.9. The van der Waals surface area contributed by atoms with Crippen molar-refractivity contribution in [2.24, 2.45) is 4.99 Å². The largest absolute Gasteiger partial charge is 0.355 e. The lowest BCUT2D eigenvalue weighted by Gasteiger charge is -2.26. The molecule has 0 radical (unpaired) electrons. The molecule has 33 heavy (non-hydrogen) atoms. The Bertz CT molecular complexity index is 1110. The zero-order valence-electron chi connectivity index (χ0n) is 19.4. The molecule has 2 aromatic rings. The van der Waals surface area contributed by atoms with Gasteiger partial charge in [0.2, 0.25) is 15.9 Å². The first-order valence-electron chi connectivity index (χ1n) is 11.0. The van der Waals surface area contributed by atoms with Crippen molar-refractivity contribution in [3.05, 3.63) is 78.4 Å². The Labute approximate surface area is 196 Å². The maximum Gasteiger partial charge on any atom is 0.247 e. The van der Waals surface area contributed by atoms with E-state index in [0.717, 1.165) is 5.56 Å². The third-order valence-corrected chi connectivity index (χ3v) is 7.31. The zero-order valence-corrected chi connectivity index (χ0v) is 20.2. The molecule has 3 rings (SSSR count). The SMILES string of the molecule is C=C(CCN(Cc1ccccc1)S(=O)(=O)c1ccccc1)C1=NC[C@](C)(C(=O)NC(C)C)N1. The van der Waals surface area contributed by atoms with Crippen LogP contribution in [0.2, 0.25) is 0 Å². The van der Waals surface area contributed by atoms with Crippen molar-refractivity contribution < 1.29 is 13.2 Å². The Hall–Kier alpha value is -2.97. The molecule has 0 spiro atoms. The molecule has 1 amide bonds. The number of amides is 1. The van der Waals surface area contributed by atoms with Gasteiger partial charge in [0.25, 0.3) is 0 Å². The van der Waals surface area contributed by atoms with Gasteiger partial charge in [-0.2, -0.15) is 4.31 Å². The van der Waals surface area contributed by atoms with E-state index in [1.54, 1.807) is 37.3 Å². The number of amidine groups is 1. The van der Waals surface area contributed by atoms with Crippen molar-refractivity contribution in [1.82, 2.24) is 14.9 Å². The predicted octanol–water partition coefficient (Wildman–Crippen LogP) is 3.11. The molecule has 0 fully saturated rings. The first kappa shape index (κ1) is 24.7. The molecule has 1 aliphatic rings. The molecule has 0 bridgehead atoms. The average Bonchev–Trinajstić information content (AvgIpc) is 3.21. The maximum atomic E-state index is 13.4. The second kappa shape index (κ2) is 10.3. The fraction of sp³-hybridized carbons (Fsp3) is 0.360. The number of nitrogens with zero attached hydrogens (tertiary/aromatic N) is 2. The molecule has 0 aromatic heterocycles. The number of benzene rings is 2. The fourth-order valence-corrected chi connectivity index (χ4v) is 4.97. The Morgan fingerprint density at radius 3 is 2.36 bits per heavy atom. The van der Waals surface area contributed by atoms with E-state index in [9.17, 15) is 13.2 Å². The number of carbonyl (C=O) groups is 1. The van der Waals surface area contributed by atoms with Crippen LogP contribution < -0.4 is 10.6 Å². The van der Waals surface area contributed by atoms with Gasteiger partial charge in [-0.15, -0.1) is 0 Å². The van der Waals surface area contributed by atoms with Crippen LogP contribution in [0.15, 0.2) is 82.7 Å². The molecule has 0 saturated heterocycles. The predicted molar refractivity (Wildman–Crippen MR) is 131 cm³/mol. The summed E-state index contributed by atoms with van der Waals surface area (Å²) in [5.74, 6) is 0.426. The minimum absolute atomic E-state index is 0.0260. The van der Waals surface area contributed by atoms with Gasteiger partial charge < -0.3 is 10.6 Å². The van der Waals surface area contributed by atoms with Crippen LogP contribution in [0.4, 0.5) is 0 Å². The van der Waals surface area contributed by atoms with Crippen LogP contribution in [-0.2, 0) is 21.4 Å². The van der Waals surface area contributed by atoms with Crippen LogP contribution in [0.1, 0.15) is 32.8 Å². The van der Waals surface area contributed by atoms with E-state index in [1.807, 2.05) is 44.2 Å². The van der Waals surface area contributed by atoms with Crippen molar-refractivity contribution in [3.63, 3.8) is 0 Å². The monoisotopic (exact) mass is 468 g/mol. The van der Waals surface area contributed by atoms with Gasteiger partial charge in [0.05, 0.1) is 11.4 Å². The lowest BCUT2D eigenvalue weighted by atomic mass is 10.0. The summed E-state index contributed by atoms with van der Waals surface area (Å²) in [6.07, 6.45) is 0.382. The molecular formula is C25H32N4O3S. The highest BCUT2D eigenvalue weighted by Gasteiger charge is 2.38. The number of carbonyl (C=O) groups excluding carboxylic acids is 1. The van der Waals surface area contributed by atoms with Crippen LogP contribution in [0.25, 0.3) is 0 Å². The van der Waals surface area contributed by atoms with Gasteiger partial charge in [-0.05, 0) is 50.5 Å². The quantitative estimate of drug-likeness (QED) is 0.561. The first-order chi connectivity index (χ1) is 15.6. The van der Waals surface area contributed by atoms with Gasteiger partial charge in [-0.25, -0.2) is 8.42 Å². The van der Waals surface area contributed by atoms with Gasteiger partial charge in [0.15, 0.2) is 0 Å². The van der Waals surface area contributed by atoms with Gasteiger partial charge in [0, 0.05) is 19.1 Å². The molecule has 0 unspecified atom stereocenters. The minimum Gasteiger partial charge on any atom is -0.355 e. The standard InChI is InChI=1S/C25H32N4O3S/c1-19(2)27-24(30)25(4)18-26-23(28-25)20(3)15-16-29(17-21-11-7-5-8-12-21)33(31,32)22-13-9-6-10-14-22/h5-14,19H,3,15-18H2,1-2,4H3,(H,26,28)(H,27,30)/t25-/m1/s1. The summed E-state index contributed by atoms with van der Waals surface area (Å²) in [4.78, 5) is 17.3. The maximum absolute atomic E-state index is 13.4. The van der Waals surface area contributed by atoms with E-state index < -0.39 is 15.6 Å². The van der Waals surface area contributed by atoms with E-state index in [0.29, 0.717) is 24.4 Å². The van der Waals surface area contributed by atoms with Gasteiger partial charge in [-0.1, -0.05) is 55.1 Å². The van der Waals surface area contributed by atoms with Crippen molar-refractivity contribution in [2.75, 3.05) is 13.1 Å². The third-order valence-electron chi connectivity index (χ3n) is 5.45. The minimum atomic E-state index is -3.70. The van der Waals surface area contributed by atoms with Crippen molar-refractivity contribution in [2.45, 2.75) is 50.2 Å².